The van der Waals surface area contributed by atoms with Gasteiger partial charge in [0.2, 0.25) is 16.0 Å². The van der Waals surface area contributed by atoms with Gasteiger partial charge in [0.05, 0.1) is 4.90 Å². The average molecular weight is 323 g/mol. The van der Waals surface area contributed by atoms with Crippen LogP contribution in [-0.2, 0) is 10.0 Å². The Labute approximate surface area is 127 Å². The number of nitrogens with two attached hydrogens (primary N) is 2. The average Bonchev–Trinajstić information content (AvgIpc) is 2.37. The van der Waals surface area contributed by atoms with Crippen LogP contribution in [0.3, 0.4) is 0 Å². The monoisotopic (exact) mass is 323 g/mol. The van der Waals surface area contributed by atoms with E-state index in [-0.39, 0.29) is 15.8 Å². The SMILES string of the molecule is Cc1cc(C(N)=S)nc(Nc2cccc(S(N)(=O)=O)c2)n1. The fourth-order valence-electron chi connectivity index (χ4n) is 1.63. The number of sulfonamides is 1. The molecule has 2 aromatic rings. The Hall–Kier alpha value is -2.10. The predicted octanol–water partition coefficient (Wildman–Crippen LogP) is 0.810. The molecule has 0 bridgehead atoms. The molecule has 0 saturated heterocycles. The number of benzene rings is 1. The van der Waals surface area contributed by atoms with Gasteiger partial charge in [-0.25, -0.2) is 23.5 Å². The number of thiocarbonyl (C=S) groups is 1. The van der Waals surface area contributed by atoms with Crippen LogP contribution < -0.4 is 16.2 Å². The van der Waals surface area contributed by atoms with E-state index < -0.39 is 10.0 Å². The molecule has 1 heterocycles. The Bertz CT molecular complexity index is 805. The van der Waals surface area contributed by atoms with E-state index >= 15 is 0 Å². The van der Waals surface area contributed by atoms with E-state index in [2.05, 4.69) is 15.3 Å². The minimum atomic E-state index is -3.77. The van der Waals surface area contributed by atoms with Gasteiger partial charge in [-0.1, -0.05) is 18.3 Å². The van der Waals surface area contributed by atoms with Gasteiger partial charge in [0.1, 0.15) is 10.7 Å². The van der Waals surface area contributed by atoms with Crippen molar-refractivity contribution >= 4 is 38.9 Å². The molecule has 0 radical (unpaired) electrons. The summed E-state index contributed by atoms with van der Waals surface area (Å²) in [6.45, 7) is 1.77. The number of hydrogen-bond donors (Lipinski definition) is 3. The van der Waals surface area contributed by atoms with Crippen LogP contribution in [0.25, 0.3) is 0 Å². The minimum absolute atomic E-state index is 0.00489. The highest BCUT2D eigenvalue weighted by molar-refractivity contribution is 7.89. The summed E-state index contributed by atoms with van der Waals surface area (Å²) >= 11 is 4.88. The number of aryl methyl sites for hydroxylation is 1. The fourth-order valence-corrected chi connectivity index (χ4v) is 2.29. The van der Waals surface area contributed by atoms with Gasteiger partial charge in [0, 0.05) is 11.4 Å². The molecule has 0 saturated carbocycles. The molecule has 0 aliphatic rings. The summed E-state index contributed by atoms with van der Waals surface area (Å²) in [5, 5.41) is 7.98. The van der Waals surface area contributed by atoms with E-state index in [9.17, 15) is 8.42 Å². The standard InChI is InChI=1S/C12H13N5O2S2/c1-7-5-10(11(13)20)17-12(15-7)16-8-3-2-4-9(6-8)21(14,18)19/h2-6H,1H3,(H2,13,20)(H2,14,18,19)(H,15,16,17). The smallest absolute Gasteiger partial charge is 0.238 e. The molecular weight excluding hydrogens is 310 g/mol. The Kier molecular flexibility index (Phi) is 4.16. The maximum absolute atomic E-state index is 11.3. The molecular formula is C12H13N5O2S2. The van der Waals surface area contributed by atoms with Crippen molar-refractivity contribution in [1.29, 1.82) is 0 Å². The van der Waals surface area contributed by atoms with Crippen molar-refractivity contribution in [2.45, 2.75) is 11.8 Å². The number of nitrogens with one attached hydrogen (secondary N) is 1. The first kappa shape index (κ1) is 15.3. The third-order valence-electron chi connectivity index (χ3n) is 2.53. The van der Waals surface area contributed by atoms with Crippen molar-refractivity contribution in [2.24, 2.45) is 10.9 Å². The van der Waals surface area contributed by atoms with E-state index in [0.717, 1.165) is 0 Å². The molecule has 2 rings (SSSR count). The minimum Gasteiger partial charge on any atom is -0.388 e. The lowest BCUT2D eigenvalue weighted by Gasteiger charge is -2.08. The number of nitrogens with zero attached hydrogens (tertiary/aromatic N) is 2. The van der Waals surface area contributed by atoms with Crippen molar-refractivity contribution in [2.75, 3.05) is 5.32 Å². The quantitative estimate of drug-likeness (QED) is 0.711. The van der Waals surface area contributed by atoms with Crippen LogP contribution in [0.2, 0.25) is 0 Å². The molecule has 0 aliphatic heterocycles. The second kappa shape index (κ2) is 5.72. The Balaban J connectivity index is 2.37. The van der Waals surface area contributed by atoms with Crippen molar-refractivity contribution in [3.63, 3.8) is 0 Å². The van der Waals surface area contributed by atoms with E-state index in [1.807, 2.05) is 0 Å². The van der Waals surface area contributed by atoms with Gasteiger partial charge in [-0.3, -0.25) is 0 Å². The van der Waals surface area contributed by atoms with Gasteiger partial charge in [0.15, 0.2) is 0 Å². The van der Waals surface area contributed by atoms with Gasteiger partial charge in [-0.2, -0.15) is 0 Å². The molecule has 9 heteroatoms. The zero-order valence-electron chi connectivity index (χ0n) is 11.1. The normalized spacial score (nSPS) is 11.1. The van der Waals surface area contributed by atoms with Crippen LogP contribution in [0.5, 0.6) is 0 Å². The zero-order valence-corrected chi connectivity index (χ0v) is 12.7. The zero-order chi connectivity index (χ0) is 15.6. The largest absolute Gasteiger partial charge is 0.388 e. The highest BCUT2D eigenvalue weighted by Crippen LogP contribution is 2.17. The third-order valence-corrected chi connectivity index (χ3v) is 3.65. The summed E-state index contributed by atoms with van der Waals surface area (Å²) in [5.74, 6) is 0.268. The Morgan fingerprint density at radius 3 is 2.62 bits per heavy atom. The van der Waals surface area contributed by atoms with Crippen molar-refractivity contribution in [3.05, 3.63) is 41.7 Å². The molecule has 0 atom stereocenters. The number of rotatable bonds is 4. The summed E-state index contributed by atoms with van der Waals surface area (Å²) in [7, 11) is -3.77. The first-order valence-corrected chi connectivity index (χ1v) is 7.76. The molecule has 7 nitrogen and oxygen atoms in total. The number of aromatic nitrogens is 2. The maximum atomic E-state index is 11.3. The third kappa shape index (κ3) is 3.94. The summed E-state index contributed by atoms with van der Waals surface area (Å²) < 4.78 is 22.6. The lowest BCUT2D eigenvalue weighted by Crippen LogP contribution is -2.14. The molecule has 5 N–H and O–H groups in total. The molecule has 0 amide bonds. The van der Waals surface area contributed by atoms with Crippen molar-refractivity contribution in [3.8, 4) is 0 Å². The van der Waals surface area contributed by atoms with Gasteiger partial charge >= 0.3 is 0 Å². The second-order valence-electron chi connectivity index (χ2n) is 4.28. The molecule has 1 aromatic carbocycles. The van der Waals surface area contributed by atoms with Crippen LogP contribution >= 0.6 is 12.2 Å². The van der Waals surface area contributed by atoms with Crippen LogP contribution in [0.1, 0.15) is 11.4 Å². The number of hydrogen-bond acceptors (Lipinski definition) is 6. The van der Waals surface area contributed by atoms with Crippen molar-refractivity contribution in [1.82, 2.24) is 9.97 Å². The fraction of sp³-hybridized carbons (Fsp3) is 0.0833. The molecule has 0 spiro atoms. The van der Waals surface area contributed by atoms with Crippen LogP contribution in [-0.4, -0.2) is 23.4 Å². The van der Waals surface area contributed by atoms with E-state index in [0.29, 0.717) is 17.1 Å². The van der Waals surface area contributed by atoms with Crippen molar-refractivity contribution < 1.29 is 8.42 Å². The van der Waals surface area contributed by atoms with Gasteiger partial charge in [-0.05, 0) is 31.2 Å². The van der Waals surface area contributed by atoms with Crippen LogP contribution in [0.15, 0.2) is 35.2 Å². The van der Waals surface area contributed by atoms with Crippen LogP contribution in [0.4, 0.5) is 11.6 Å². The molecule has 110 valence electrons. The van der Waals surface area contributed by atoms with E-state index in [1.54, 1.807) is 25.1 Å². The van der Waals surface area contributed by atoms with Gasteiger partial charge in [0.25, 0.3) is 0 Å². The first-order valence-electron chi connectivity index (χ1n) is 5.81. The van der Waals surface area contributed by atoms with E-state index in [4.69, 9.17) is 23.1 Å². The topological polar surface area (TPSA) is 124 Å². The summed E-state index contributed by atoms with van der Waals surface area (Å²) in [4.78, 5) is 8.49. The summed E-state index contributed by atoms with van der Waals surface area (Å²) in [5.41, 5.74) is 7.14. The Morgan fingerprint density at radius 1 is 1.29 bits per heavy atom. The lowest BCUT2D eigenvalue weighted by molar-refractivity contribution is 0.598. The molecule has 1 aromatic heterocycles. The Morgan fingerprint density at radius 2 is 2.00 bits per heavy atom. The molecule has 0 fully saturated rings. The molecule has 21 heavy (non-hydrogen) atoms. The predicted molar refractivity (Wildman–Crippen MR) is 83.8 cm³/mol. The maximum Gasteiger partial charge on any atom is 0.238 e. The first-order chi connectivity index (χ1) is 9.75. The summed E-state index contributed by atoms with van der Waals surface area (Å²) in [6, 6.07) is 7.68. The second-order valence-corrected chi connectivity index (χ2v) is 6.28. The highest BCUT2D eigenvalue weighted by atomic mass is 32.2. The van der Waals surface area contributed by atoms with E-state index in [1.165, 1.54) is 12.1 Å². The number of primary sulfonamides is 1. The molecule has 0 aliphatic carbocycles. The van der Waals surface area contributed by atoms with Gasteiger partial charge in [-0.15, -0.1) is 0 Å². The van der Waals surface area contributed by atoms with Gasteiger partial charge < -0.3 is 11.1 Å². The van der Waals surface area contributed by atoms with Crippen LogP contribution in [0, 0.1) is 6.92 Å². The number of anilines is 2. The summed E-state index contributed by atoms with van der Waals surface area (Å²) in [6.07, 6.45) is 0. The lowest BCUT2D eigenvalue weighted by atomic mass is 10.3. The molecule has 0 unspecified atom stereocenters. The highest BCUT2D eigenvalue weighted by Gasteiger charge is 2.09.